The first-order chi connectivity index (χ1) is 13.1. The van der Waals surface area contributed by atoms with Crippen molar-refractivity contribution < 1.29 is 9.59 Å². The molecule has 1 N–H and O–H groups in total. The zero-order valence-corrected chi connectivity index (χ0v) is 15.7. The molecule has 1 aromatic carbocycles. The van der Waals surface area contributed by atoms with Crippen LogP contribution in [-0.4, -0.2) is 39.7 Å². The third-order valence-electron chi connectivity index (χ3n) is 4.38. The number of nitrogens with one attached hydrogen (secondary N) is 1. The summed E-state index contributed by atoms with van der Waals surface area (Å²) in [7, 11) is 1.74. The van der Waals surface area contributed by atoms with Gasteiger partial charge < -0.3 is 10.2 Å². The quantitative estimate of drug-likeness (QED) is 0.655. The Morgan fingerprint density at radius 2 is 1.85 bits per heavy atom. The summed E-state index contributed by atoms with van der Waals surface area (Å²) < 4.78 is 1.67. The van der Waals surface area contributed by atoms with Crippen LogP contribution >= 0.6 is 0 Å². The predicted octanol–water partition coefficient (Wildman–Crippen LogP) is 3.14. The van der Waals surface area contributed by atoms with E-state index >= 15 is 0 Å². The number of amides is 2. The van der Waals surface area contributed by atoms with Gasteiger partial charge in [0.15, 0.2) is 5.69 Å². The molecule has 6 heteroatoms. The second kappa shape index (κ2) is 8.49. The molecule has 0 bridgehead atoms. The number of rotatable bonds is 7. The molecular formula is C21H24N4O2. The van der Waals surface area contributed by atoms with Crippen molar-refractivity contribution in [3.63, 3.8) is 0 Å². The van der Waals surface area contributed by atoms with Crippen molar-refractivity contribution in [3.8, 4) is 0 Å². The number of benzene rings is 1. The SMILES string of the molecule is CCCCNC(=O)c1nc(C(=O)N(C)Cc2ccccc2)c2ccccn12. The molecule has 27 heavy (non-hydrogen) atoms. The molecule has 6 nitrogen and oxygen atoms in total. The molecule has 0 saturated carbocycles. The Morgan fingerprint density at radius 1 is 1.11 bits per heavy atom. The molecule has 140 valence electrons. The van der Waals surface area contributed by atoms with Gasteiger partial charge in [0.1, 0.15) is 0 Å². The van der Waals surface area contributed by atoms with Crippen LogP contribution in [0, 0.1) is 0 Å². The van der Waals surface area contributed by atoms with Crippen molar-refractivity contribution in [3.05, 3.63) is 71.8 Å². The number of carbonyl (C=O) groups excluding carboxylic acids is 2. The smallest absolute Gasteiger partial charge is 0.287 e. The van der Waals surface area contributed by atoms with E-state index in [4.69, 9.17) is 0 Å². The van der Waals surface area contributed by atoms with Gasteiger partial charge in [0.05, 0.1) is 5.52 Å². The predicted molar refractivity (Wildman–Crippen MR) is 105 cm³/mol. The highest BCUT2D eigenvalue weighted by molar-refractivity contribution is 6.02. The van der Waals surface area contributed by atoms with Gasteiger partial charge in [0.25, 0.3) is 11.8 Å². The Hall–Kier alpha value is -3.15. The Labute approximate surface area is 158 Å². The Kier molecular flexibility index (Phi) is 5.86. The van der Waals surface area contributed by atoms with E-state index < -0.39 is 0 Å². The number of pyridine rings is 1. The fourth-order valence-corrected chi connectivity index (χ4v) is 2.92. The van der Waals surface area contributed by atoms with Crippen LogP contribution in [0.25, 0.3) is 5.52 Å². The summed E-state index contributed by atoms with van der Waals surface area (Å²) in [5.74, 6) is -0.247. The summed E-state index contributed by atoms with van der Waals surface area (Å²) >= 11 is 0. The number of nitrogens with zero attached hydrogens (tertiary/aromatic N) is 3. The van der Waals surface area contributed by atoms with Gasteiger partial charge in [-0.25, -0.2) is 4.98 Å². The first-order valence-corrected chi connectivity index (χ1v) is 9.16. The summed E-state index contributed by atoms with van der Waals surface area (Å²) in [5.41, 5.74) is 1.95. The lowest BCUT2D eigenvalue weighted by molar-refractivity contribution is 0.0782. The molecule has 0 aliphatic heterocycles. The van der Waals surface area contributed by atoms with E-state index in [1.165, 1.54) is 0 Å². The van der Waals surface area contributed by atoms with Crippen LogP contribution in [-0.2, 0) is 6.54 Å². The van der Waals surface area contributed by atoms with E-state index in [-0.39, 0.29) is 23.3 Å². The average molecular weight is 364 g/mol. The van der Waals surface area contributed by atoms with Gasteiger partial charge in [-0.3, -0.25) is 14.0 Å². The van der Waals surface area contributed by atoms with E-state index in [9.17, 15) is 9.59 Å². The lowest BCUT2D eigenvalue weighted by Gasteiger charge is -2.16. The number of hydrogen-bond donors (Lipinski definition) is 1. The number of hydrogen-bond acceptors (Lipinski definition) is 3. The minimum Gasteiger partial charge on any atom is -0.349 e. The third-order valence-corrected chi connectivity index (χ3v) is 4.38. The zero-order chi connectivity index (χ0) is 19.2. The van der Waals surface area contributed by atoms with Crippen molar-refractivity contribution >= 4 is 17.3 Å². The van der Waals surface area contributed by atoms with Gasteiger partial charge in [-0.05, 0) is 24.1 Å². The van der Waals surface area contributed by atoms with E-state index in [0.29, 0.717) is 18.6 Å². The Bertz CT molecular complexity index is 934. The topological polar surface area (TPSA) is 66.7 Å². The first kappa shape index (κ1) is 18.6. The van der Waals surface area contributed by atoms with Crippen LogP contribution in [0.1, 0.15) is 46.4 Å². The normalized spacial score (nSPS) is 10.7. The minimum atomic E-state index is -0.269. The summed E-state index contributed by atoms with van der Waals surface area (Å²) in [6.07, 6.45) is 3.66. The van der Waals surface area contributed by atoms with E-state index in [0.717, 1.165) is 18.4 Å². The van der Waals surface area contributed by atoms with Gasteiger partial charge in [0, 0.05) is 26.3 Å². The van der Waals surface area contributed by atoms with Crippen LogP contribution in [0.4, 0.5) is 0 Å². The van der Waals surface area contributed by atoms with Crippen LogP contribution < -0.4 is 5.32 Å². The van der Waals surface area contributed by atoms with Gasteiger partial charge in [-0.1, -0.05) is 49.7 Å². The summed E-state index contributed by atoms with van der Waals surface area (Å²) in [6, 6.07) is 15.2. The van der Waals surface area contributed by atoms with Crippen molar-refractivity contribution in [2.75, 3.05) is 13.6 Å². The number of carbonyl (C=O) groups is 2. The minimum absolute atomic E-state index is 0.213. The zero-order valence-electron chi connectivity index (χ0n) is 15.7. The molecule has 0 saturated heterocycles. The lowest BCUT2D eigenvalue weighted by atomic mass is 10.2. The summed E-state index contributed by atoms with van der Waals surface area (Å²) in [6.45, 7) is 3.13. The molecule has 0 aliphatic carbocycles. The molecule has 0 fully saturated rings. The standard InChI is InChI=1S/C21H24N4O2/c1-3-4-13-22-20(26)19-23-18(17-12-8-9-14-25(17)19)21(27)24(2)15-16-10-6-5-7-11-16/h5-12,14H,3-4,13,15H2,1-2H3,(H,22,26). The molecule has 3 aromatic rings. The van der Waals surface area contributed by atoms with Crippen molar-refractivity contribution in [2.24, 2.45) is 0 Å². The second-order valence-corrected chi connectivity index (χ2v) is 6.50. The van der Waals surface area contributed by atoms with Gasteiger partial charge in [-0.2, -0.15) is 0 Å². The number of unbranched alkanes of at least 4 members (excludes halogenated alkanes) is 1. The molecule has 0 spiro atoms. The maximum atomic E-state index is 13.0. The molecule has 2 aromatic heterocycles. The molecule has 3 rings (SSSR count). The highest BCUT2D eigenvalue weighted by Crippen LogP contribution is 2.16. The van der Waals surface area contributed by atoms with E-state index in [1.807, 2.05) is 42.5 Å². The molecule has 2 amide bonds. The Morgan fingerprint density at radius 3 is 2.59 bits per heavy atom. The van der Waals surface area contributed by atoms with Gasteiger partial charge in [-0.15, -0.1) is 0 Å². The van der Waals surface area contributed by atoms with Crippen LogP contribution in [0.2, 0.25) is 0 Å². The first-order valence-electron chi connectivity index (χ1n) is 9.16. The van der Waals surface area contributed by atoms with Crippen LogP contribution in [0.3, 0.4) is 0 Å². The maximum Gasteiger partial charge on any atom is 0.287 e. The van der Waals surface area contributed by atoms with Crippen LogP contribution in [0.15, 0.2) is 54.7 Å². The monoisotopic (exact) mass is 364 g/mol. The molecule has 0 unspecified atom stereocenters. The fourth-order valence-electron chi connectivity index (χ4n) is 2.92. The number of fused-ring (bicyclic) bond motifs is 1. The molecule has 0 radical (unpaired) electrons. The van der Waals surface area contributed by atoms with E-state index in [1.54, 1.807) is 28.6 Å². The number of imidazole rings is 1. The van der Waals surface area contributed by atoms with E-state index in [2.05, 4.69) is 17.2 Å². The molecule has 0 aliphatic rings. The Balaban J connectivity index is 1.87. The van der Waals surface area contributed by atoms with Crippen LogP contribution in [0.5, 0.6) is 0 Å². The second-order valence-electron chi connectivity index (χ2n) is 6.50. The largest absolute Gasteiger partial charge is 0.349 e. The lowest BCUT2D eigenvalue weighted by Crippen LogP contribution is -2.28. The summed E-state index contributed by atoms with van der Waals surface area (Å²) in [4.78, 5) is 31.5. The summed E-state index contributed by atoms with van der Waals surface area (Å²) in [5, 5.41) is 2.87. The van der Waals surface area contributed by atoms with Crippen molar-refractivity contribution in [1.29, 1.82) is 0 Å². The average Bonchev–Trinajstić information content (AvgIpc) is 3.08. The van der Waals surface area contributed by atoms with Gasteiger partial charge in [0.2, 0.25) is 5.82 Å². The van der Waals surface area contributed by atoms with Gasteiger partial charge >= 0.3 is 0 Å². The highest BCUT2D eigenvalue weighted by Gasteiger charge is 2.23. The van der Waals surface area contributed by atoms with Crippen molar-refractivity contribution in [2.45, 2.75) is 26.3 Å². The maximum absolute atomic E-state index is 13.0. The molecule has 2 heterocycles. The number of aromatic nitrogens is 2. The molecular weight excluding hydrogens is 340 g/mol. The third kappa shape index (κ3) is 4.16. The van der Waals surface area contributed by atoms with Crippen molar-refractivity contribution in [1.82, 2.24) is 19.6 Å². The molecule has 0 atom stereocenters. The highest BCUT2D eigenvalue weighted by atomic mass is 16.2. The fraction of sp³-hybridized carbons (Fsp3) is 0.286.